The maximum Gasteiger partial charge on any atom is 0.257 e. The monoisotopic (exact) mass is 304 g/mol. The minimum Gasteiger partial charge on any atom is -0.338 e. The Morgan fingerprint density at radius 3 is 3.05 bits per heavy atom. The van der Waals surface area contributed by atoms with Gasteiger partial charge in [-0.25, -0.2) is 4.68 Å². The third-order valence-electron chi connectivity index (χ3n) is 3.81. The maximum atomic E-state index is 12.4. The topological polar surface area (TPSA) is 64.2 Å². The predicted octanol–water partition coefficient (Wildman–Crippen LogP) is 1.95. The Hall–Kier alpha value is -1.85. The first kappa shape index (κ1) is 14.1. The van der Waals surface area contributed by atoms with E-state index in [4.69, 9.17) is 17.3 Å². The zero-order valence-corrected chi connectivity index (χ0v) is 12.3. The van der Waals surface area contributed by atoms with Crippen LogP contribution in [0.15, 0.2) is 36.7 Å². The van der Waals surface area contributed by atoms with Gasteiger partial charge in [0.15, 0.2) is 0 Å². The number of likely N-dealkylation sites (tertiary alicyclic amines) is 1. The van der Waals surface area contributed by atoms with Gasteiger partial charge in [0.05, 0.1) is 17.4 Å². The molecule has 0 aliphatic carbocycles. The molecule has 1 aromatic carbocycles. The van der Waals surface area contributed by atoms with Crippen LogP contribution >= 0.6 is 11.6 Å². The van der Waals surface area contributed by atoms with Crippen molar-refractivity contribution in [2.45, 2.75) is 6.42 Å². The lowest BCUT2D eigenvalue weighted by atomic mass is 10.1. The van der Waals surface area contributed by atoms with Crippen LogP contribution in [0.25, 0.3) is 5.69 Å². The highest BCUT2D eigenvalue weighted by molar-refractivity contribution is 6.30. The molecule has 5 nitrogen and oxygen atoms in total. The van der Waals surface area contributed by atoms with E-state index in [9.17, 15) is 4.79 Å². The molecule has 1 aliphatic heterocycles. The molecule has 0 radical (unpaired) electrons. The zero-order chi connectivity index (χ0) is 14.8. The van der Waals surface area contributed by atoms with E-state index in [0.29, 0.717) is 23.0 Å². The minimum atomic E-state index is 0.0132. The molecule has 0 saturated carbocycles. The van der Waals surface area contributed by atoms with E-state index < -0.39 is 0 Å². The first-order valence-electron chi connectivity index (χ1n) is 6.97. The third-order valence-corrected chi connectivity index (χ3v) is 4.04. The molecule has 1 unspecified atom stereocenters. The summed E-state index contributed by atoms with van der Waals surface area (Å²) < 4.78 is 1.66. The van der Waals surface area contributed by atoms with Gasteiger partial charge in [0.2, 0.25) is 0 Å². The van der Waals surface area contributed by atoms with Crippen molar-refractivity contribution < 1.29 is 4.79 Å². The second-order valence-corrected chi connectivity index (χ2v) is 5.73. The average molecular weight is 305 g/mol. The molecule has 1 aliphatic rings. The number of halogens is 1. The van der Waals surface area contributed by atoms with Crippen molar-refractivity contribution in [1.29, 1.82) is 0 Å². The summed E-state index contributed by atoms with van der Waals surface area (Å²) in [4.78, 5) is 14.3. The van der Waals surface area contributed by atoms with Crippen molar-refractivity contribution in [3.63, 3.8) is 0 Å². The Labute approximate surface area is 128 Å². The summed E-state index contributed by atoms with van der Waals surface area (Å²) in [6.07, 6.45) is 4.31. The molecule has 0 spiro atoms. The molecule has 6 heteroatoms. The van der Waals surface area contributed by atoms with Crippen molar-refractivity contribution in [2.24, 2.45) is 11.7 Å². The molecular weight excluding hydrogens is 288 g/mol. The summed E-state index contributed by atoms with van der Waals surface area (Å²) in [5, 5.41) is 4.89. The predicted molar refractivity (Wildman–Crippen MR) is 81.6 cm³/mol. The quantitative estimate of drug-likeness (QED) is 0.942. The molecule has 110 valence electrons. The number of hydrogen-bond acceptors (Lipinski definition) is 3. The minimum absolute atomic E-state index is 0.0132. The first-order chi connectivity index (χ1) is 10.2. The molecule has 1 fully saturated rings. The highest BCUT2D eigenvalue weighted by atomic mass is 35.5. The second kappa shape index (κ2) is 5.87. The van der Waals surface area contributed by atoms with Gasteiger partial charge in [0, 0.05) is 24.3 Å². The highest BCUT2D eigenvalue weighted by Crippen LogP contribution is 2.19. The molecular formula is C15H17ClN4O. The van der Waals surface area contributed by atoms with Crippen LogP contribution in [0.3, 0.4) is 0 Å². The number of hydrogen-bond donors (Lipinski definition) is 1. The first-order valence-corrected chi connectivity index (χ1v) is 7.35. The van der Waals surface area contributed by atoms with Crippen LogP contribution in [0.5, 0.6) is 0 Å². The fourth-order valence-corrected chi connectivity index (χ4v) is 2.77. The van der Waals surface area contributed by atoms with Crippen LogP contribution in [0.1, 0.15) is 16.8 Å². The van der Waals surface area contributed by atoms with Gasteiger partial charge < -0.3 is 10.6 Å². The van der Waals surface area contributed by atoms with E-state index >= 15 is 0 Å². The lowest BCUT2D eigenvalue weighted by Gasteiger charge is -2.14. The van der Waals surface area contributed by atoms with Gasteiger partial charge in [0.1, 0.15) is 0 Å². The van der Waals surface area contributed by atoms with Crippen molar-refractivity contribution >= 4 is 17.5 Å². The van der Waals surface area contributed by atoms with Crippen molar-refractivity contribution in [3.05, 3.63) is 47.2 Å². The van der Waals surface area contributed by atoms with Crippen LogP contribution in [-0.2, 0) is 0 Å². The Bertz CT molecular complexity index is 655. The van der Waals surface area contributed by atoms with Crippen LogP contribution < -0.4 is 5.73 Å². The van der Waals surface area contributed by atoms with E-state index in [1.807, 2.05) is 23.1 Å². The van der Waals surface area contributed by atoms with Gasteiger partial charge in [-0.1, -0.05) is 17.7 Å². The summed E-state index contributed by atoms with van der Waals surface area (Å²) in [7, 11) is 0. The van der Waals surface area contributed by atoms with Gasteiger partial charge in [-0.05, 0) is 37.1 Å². The largest absolute Gasteiger partial charge is 0.338 e. The van der Waals surface area contributed by atoms with Gasteiger partial charge in [0.25, 0.3) is 5.91 Å². The molecule has 3 rings (SSSR count). The normalized spacial score (nSPS) is 18.2. The number of aromatic nitrogens is 2. The fourth-order valence-electron chi connectivity index (χ4n) is 2.59. The van der Waals surface area contributed by atoms with Crippen LogP contribution in [0.4, 0.5) is 0 Å². The smallest absolute Gasteiger partial charge is 0.257 e. The SMILES string of the molecule is NCC1CCN(C(=O)c2cnn(-c3cccc(Cl)c3)c2)C1. The lowest BCUT2D eigenvalue weighted by molar-refractivity contribution is 0.0787. The molecule has 2 aromatic rings. The van der Waals surface area contributed by atoms with Gasteiger partial charge in [-0.3, -0.25) is 4.79 Å². The van der Waals surface area contributed by atoms with Crippen LogP contribution in [0, 0.1) is 5.92 Å². The molecule has 21 heavy (non-hydrogen) atoms. The van der Waals surface area contributed by atoms with Crippen LogP contribution in [-0.4, -0.2) is 40.2 Å². The zero-order valence-electron chi connectivity index (χ0n) is 11.6. The van der Waals surface area contributed by atoms with E-state index in [0.717, 1.165) is 25.2 Å². The Morgan fingerprint density at radius 2 is 2.33 bits per heavy atom. The molecule has 1 aromatic heterocycles. The van der Waals surface area contributed by atoms with Crippen molar-refractivity contribution in [1.82, 2.24) is 14.7 Å². The molecule has 2 heterocycles. The van der Waals surface area contributed by atoms with E-state index in [2.05, 4.69) is 5.10 Å². The standard InChI is InChI=1S/C15H17ClN4O/c16-13-2-1-3-14(6-13)20-10-12(8-18-20)15(21)19-5-4-11(7-17)9-19/h1-3,6,8,10-11H,4-5,7,9,17H2. The lowest BCUT2D eigenvalue weighted by Crippen LogP contribution is -2.29. The summed E-state index contributed by atoms with van der Waals surface area (Å²) in [6, 6.07) is 7.36. The summed E-state index contributed by atoms with van der Waals surface area (Å²) in [5.74, 6) is 0.427. The summed E-state index contributed by atoms with van der Waals surface area (Å²) in [6.45, 7) is 2.13. The fraction of sp³-hybridized carbons (Fsp3) is 0.333. The van der Waals surface area contributed by atoms with E-state index in [-0.39, 0.29) is 5.91 Å². The number of carbonyl (C=O) groups excluding carboxylic acids is 1. The number of amides is 1. The Morgan fingerprint density at radius 1 is 1.48 bits per heavy atom. The number of benzene rings is 1. The number of nitrogens with two attached hydrogens (primary N) is 1. The van der Waals surface area contributed by atoms with E-state index in [1.165, 1.54) is 0 Å². The van der Waals surface area contributed by atoms with Crippen molar-refractivity contribution in [3.8, 4) is 5.69 Å². The molecule has 1 saturated heterocycles. The van der Waals surface area contributed by atoms with Gasteiger partial charge >= 0.3 is 0 Å². The average Bonchev–Trinajstić information content (AvgIpc) is 3.16. The molecule has 1 atom stereocenters. The highest BCUT2D eigenvalue weighted by Gasteiger charge is 2.26. The number of carbonyl (C=O) groups is 1. The number of nitrogens with zero attached hydrogens (tertiary/aromatic N) is 3. The van der Waals surface area contributed by atoms with Gasteiger partial charge in [-0.15, -0.1) is 0 Å². The summed E-state index contributed by atoms with van der Waals surface area (Å²) in [5.41, 5.74) is 7.09. The molecule has 1 amide bonds. The number of rotatable bonds is 3. The third kappa shape index (κ3) is 2.94. The van der Waals surface area contributed by atoms with Crippen LogP contribution in [0.2, 0.25) is 5.02 Å². The second-order valence-electron chi connectivity index (χ2n) is 5.30. The van der Waals surface area contributed by atoms with E-state index in [1.54, 1.807) is 23.1 Å². The van der Waals surface area contributed by atoms with Crippen molar-refractivity contribution in [2.75, 3.05) is 19.6 Å². The molecule has 2 N–H and O–H groups in total. The summed E-state index contributed by atoms with van der Waals surface area (Å²) >= 11 is 5.97. The Kier molecular flexibility index (Phi) is 3.94. The van der Waals surface area contributed by atoms with Gasteiger partial charge in [-0.2, -0.15) is 5.10 Å². The maximum absolute atomic E-state index is 12.4. The molecule has 0 bridgehead atoms. The Balaban J connectivity index is 1.77.